The van der Waals surface area contributed by atoms with Crippen LogP contribution in [0.5, 0.6) is 0 Å². The first-order chi connectivity index (χ1) is 11.8. The molecule has 2 N–H and O–H groups in total. The summed E-state index contributed by atoms with van der Waals surface area (Å²) in [5, 5.41) is 12.1. The monoisotopic (exact) mass is 342 g/mol. The summed E-state index contributed by atoms with van der Waals surface area (Å²) in [7, 11) is 0. The number of carboxylic acids is 1. The number of aromatic nitrogens is 1. The zero-order valence-corrected chi connectivity index (χ0v) is 14.6. The normalized spacial score (nSPS) is 20.6. The average Bonchev–Trinajstić information content (AvgIpc) is 2.98. The maximum atomic E-state index is 12.5. The maximum absolute atomic E-state index is 12.5. The zero-order valence-electron chi connectivity index (χ0n) is 14.6. The van der Waals surface area contributed by atoms with E-state index in [-0.39, 0.29) is 11.3 Å². The van der Waals surface area contributed by atoms with Crippen LogP contribution in [0.2, 0.25) is 0 Å². The van der Waals surface area contributed by atoms with Crippen molar-refractivity contribution >= 4 is 28.7 Å². The van der Waals surface area contributed by atoms with Crippen LogP contribution in [0.4, 0.5) is 5.69 Å². The first kappa shape index (κ1) is 17.2. The van der Waals surface area contributed by atoms with E-state index in [1.54, 1.807) is 18.2 Å². The summed E-state index contributed by atoms with van der Waals surface area (Å²) in [6.45, 7) is 6.05. The first-order valence-corrected chi connectivity index (χ1v) is 8.35. The molecule has 2 aromatic rings. The Morgan fingerprint density at radius 1 is 1.20 bits per heavy atom. The van der Waals surface area contributed by atoms with Crippen LogP contribution in [0, 0.1) is 11.8 Å². The van der Waals surface area contributed by atoms with Gasteiger partial charge in [-0.2, -0.15) is 0 Å². The number of nitrogens with one attached hydrogen (secondary N) is 1. The third-order valence-corrected chi connectivity index (χ3v) is 4.38. The van der Waals surface area contributed by atoms with Gasteiger partial charge in [0.05, 0.1) is 11.8 Å². The summed E-state index contributed by atoms with van der Waals surface area (Å²) < 4.78 is 5.75. The molecule has 25 heavy (non-hydrogen) atoms. The number of allylic oxidation sites excluding steroid dienone is 2. The van der Waals surface area contributed by atoms with Crippen LogP contribution in [0.25, 0.3) is 11.1 Å². The summed E-state index contributed by atoms with van der Waals surface area (Å²) in [4.78, 5) is 28.4. The molecule has 0 fully saturated rings. The number of benzene rings is 1. The van der Waals surface area contributed by atoms with Crippen molar-refractivity contribution in [2.75, 3.05) is 5.32 Å². The highest BCUT2D eigenvalue weighted by Crippen LogP contribution is 2.29. The number of rotatable bonds is 3. The van der Waals surface area contributed by atoms with Gasteiger partial charge in [-0.25, -0.2) is 4.98 Å². The van der Waals surface area contributed by atoms with Crippen molar-refractivity contribution in [2.45, 2.75) is 39.0 Å². The van der Waals surface area contributed by atoms with Crippen LogP contribution in [0.1, 0.15) is 39.5 Å². The molecule has 0 radical (unpaired) electrons. The Morgan fingerprint density at radius 2 is 1.88 bits per heavy atom. The number of hydrogen-bond donors (Lipinski definition) is 2. The van der Waals surface area contributed by atoms with Gasteiger partial charge in [-0.05, 0) is 31.0 Å². The van der Waals surface area contributed by atoms with E-state index in [2.05, 4.69) is 10.3 Å². The molecule has 6 nitrogen and oxygen atoms in total. The molecule has 1 aromatic carbocycles. The van der Waals surface area contributed by atoms with Gasteiger partial charge in [-0.1, -0.05) is 32.9 Å². The quantitative estimate of drug-likeness (QED) is 0.829. The number of anilines is 1. The molecule has 1 amide bonds. The largest absolute Gasteiger partial charge is 0.481 e. The molecular weight excluding hydrogens is 320 g/mol. The number of fused-ring (bicyclic) bond motifs is 1. The van der Waals surface area contributed by atoms with E-state index in [1.165, 1.54) is 0 Å². The van der Waals surface area contributed by atoms with Crippen LogP contribution >= 0.6 is 0 Å². The smallest absolute Gasteiger partial charge is 0.307 e. The lowest BCUT2D eigenvalue weighted by Gasteiger charge is -2.24. The van der Waals surface area contributed by atoms with E-state index in [1.807, 2.05) is 32.9 Å². The molecule has 2 atom stereocenters. The molecular formula is C19H22N2O4. The molecule has 1 heterocycles. The van der Waals surface area contributed by atoms with Crippen molar-refractivity contribution in [2.24, 2.45) is 11.8 Å². The van der Waals surface area contributed by atoms with E-state index in [0.29, 0.717) is 35.5 Å². The standard InChI is InChI=1S/C19H22N2O4/c1-19(2,3)18-21-14-10-11(8-9-15(14)25-18)20-16(22)12-6-4-5-7-13(12)17(23)24/h4-5,8-10,12-13H,6-7H2,1-3H3,(H,20,22)(H,23,24)/t12-,13-/m1/s1. The number of aliphatic carboxylic acids is 1. The van der Waals surface area contributed by atoms with E-state index in [4.69, 9.17) is 4.42 Å². The fourth-order valence-corrected chi connectivity index (χ4v) is 2.94. The second kappa shape index (κ2) is 6.35. The molecule has 0 saturated heterocycles. The van der Waals surface area contributed by atoms with Gasteiger partial charge in [0.15, 0.2) is 5.58 Å². The second-order valence-electron chi connectivity index (χ2n) is 7.43. The molecule has 6 heteroatoms. The van der Waals surface area contributed by atoms with Gasteiger partial charge in [0.1, 0.15) is 5.52 Å². The van der Waals surface area contributed by atoms with Crippen LogP contribution in [-0.2, 0) is 15.0 Å². The lowest BCUT2D eigenvalue weighted by molar-refractivity contribution is -0.146. The maximum Gasteiger partial charge on any atom is 0.307 e. The molecule has 3 rings (SSSR count). The summed E-state index contributed by atoms with van der Waals surface area (Å²) in [6, 6.07) is 5.26. The highest BCUT2D eigenvalue weighted by molar-refractivity contribution is 5.96. The van der Waals surface area contributed by atoms with Crippen LogP contribution in [0.15, 0.2) is 34.8 Å². The Hall–Kier alpha value is -2.63. The lowest BCUT2D eigenvalue weighted by atomic mass is 9.82. The Labute approximate surface area is 145 Å². The number of carboxylic acid groups (broad SMARTS) is 1. The Morgan fingerprint density at radius 3 is 2.52 bits per heavy atom. The molecule has 1 aliphatic rings. The molecule has 132 valence electrons. The fraction of sp³-hybridized carbons (Fsp3) is 0.421. The average molecular weight is 342 g/mol. The summed E-state index contributed by atoms with van der Waals surface area (Å²) in [5.41, 5.74) is 1.71. The Balaban J connectivity index is 1.81. The van der Waals surface area contributed by atoms with Crippen molar-refractivity contribution in [1.29, 1.82) is 0 Å². The Kier molecular flexibility index (Phi) is 4.37. The van der Waals surface area contributed by atoms with E-state index in [9.17, 15) is 14.7 Å². The van der Waals surface area contributed by atoms with Gasteiger partial charge < -0.3 is 14.8 Å². The molecule has 0 unspecified atom stereocenters. The van der Waals surface area contributed by atoms with E-state index >= 15 is 0 Å². The van der Waals surface area contributed by atoms with Crippen LogP contribution in [-0.4, -0.2) is 22.0 Å². The van der Waals surface area contributed by atoms with Crippen LogP contribution < -0.4 is 5.32 Å². The van der Waals surface area contributed by atoms with Crippen molar-refractivity contribution in [3.8, 4) is 0 Å². The minimum absolute atomic E-state index is 0.203. The molecule has 0 aliphatic heterocycles. The molecule has 0 spiro atoms. The fourth-order valence-electron chi connectivity index (χ4n) is 2.94. The Bertz CT molecular complexity index is 845. The van der Waals surface area contributed by atoms with Gasteiger partial charge in [0.2, 0.25) is 11.8 Å². The third-order valence-electron chi connectivity index (χ3n) is 4.38. The highest BCUT2D eigenvalue weighted by atomic mass is 16.4. The molecule has 1 aliphatic carbocycles. The van der Waals surface area contributed by atoms with Gasteiger partial charge in [-0.15, -0.1) is 0 Å². The predicted molar refractivity (Wildman–Crippen MR) is 94.3 cm³/mol. The topological polar surface area (TPSA) is 92.4 Å². The zero-order chi connectivity index (χ0) is 18.2. The number of nitrogens with zero attached hydrogens (tertiary/aromatic N) is 1. The number of hydrogen-bond acceptors (Lipinski definition) is 4. The van der Waals surface area contributed by atoms with Crippen molar-refractivity contribution in [3.05, 3.63) is 36.2 Å². The lowest BCUT2D eigenvalue weighted by Crippen LogP contribution is -2.34. The summed E-state index contributed by atoms with van der Waals surface area (Å²) in [6.07, 6.45) is 4.49. The predicted octanol–water partition coefficient (Wildman–Crippen LogP) is 3.73. The minimum atomic E-state index is -0.939. The minimum Gasteiger partial charge on any atom is -0.481 e. The molecule has 1 aromatic heterocycles. The SMILES string of the molecule is CC(C)(C)c1nc2cc(NC(=O)[C@@H]3CC=CC[C@H]3C(=O)O)ccc2o1. The number of amides is 1. The van der Waals surface area contributed by atoms with Gasteiger partial charge in [0.25, 0.3) is 0 Å². The molecule has 0 bridgehead atoms. The number of oxazole rings is 1. The van der Waals surface area contributed by atoms with Gasteiger partial charge in [0, 0.05) is 11.1 Å². The molecule has 0 saturated carbocycles. The summed E-state index contributed by atoms with van der Waals surface area (Å²) >= 11 is 0. The third kappa shape index (κ3) is 3.57. The summed E-state index contributed by atoms with van der Waals surface area (Å²) in [5.74, 6) is -1.84. The van der Waals surface area contributed by atoms with Crippen LogP contribution in [0.3, 0.4) is 0 Å². The van der Waals surface area contributed by atoms with Gasteiger partial charge >= 0.3 is 5.97 Å². The van der Waals surface area contributed by atoms with Crippen molar-refractivity contribution < 1.29 is 19.1 Å². The number of carbonyl (C=O) groups excluding carboxylic acids is 1. The van der Waals surface area contributed by atoms with Crippen molar-refractivity contribution in [3.63, 3.8) is 0 Å². The second-order valence-corrected chi connectivity index (χ2v) is 7.43. The number of carbonyl (C=O) groups is 2. The van der Waals surface area contributed by atoms with Crippen molar-refractivity contribution in [1.82, 2.24) is 4.98 Å². The van der Waals surface area contributed by atoms with E-state index < -0.39 is 17.8 Å². The van der Waals surface area contributed by atoms with Gasteiger partial charge in [-0.3, -0.25) is 9.59 Å². The first-order valence-electron chi connectivity index (χ1n) is 8.35. The highest BCUT2D eigenvalue weighted by Gasteiger charge is 2.34. The van der Waals surface area contributed by atoms with E-state index in [0.717, 1.165) is 0 Å².